The van der Waals surface area contributed by atoms with Crippen LogP contribution in [0.1, 0.15) is 41.9 Å². The van der Waals surface area contributed by atoms with E-state index < -0.39 is 0 Å². The predicted molar refractivity (Wildman–Crippen MR) is 69.9 cm³/mol. The number of aromatic nitrogens is 2. The smallest absolute Gasteiger partial charge is 0.285 e. The molecule has 1 fully saturated rings. The molecule has 1 N–H and O–H groups in total. The topological polar surface area (TPSA) is 66.3 Å². The summed E-state index contributed by atoms with van der Waals surface area (Å²) >= 11 is 6.78. The van der Waals surface area contributed by atoms with Crippen LogP contribution >= 0.6 is 22.9 Å². The van der Waals surface area contributed by atoms with Crippen molar-refractivity contribution < 1.29 is 9.90 Å². The van der Waals surface area contributed by atoms with Crippen molar-refractivity contribution in [3.63, 3.8) is 0 Å². The van der Waals surface area contributed by atoms with Crippen molar-refractivity contribution in [1.82, 2.24) is 15.1 Å². The van der Waals surface area contributed by atoms with Crippen LogP contribution in [0.25, 0.3) is 0 Å². The summed E-state index contributed by atoms with van der Waals surface area (Å²) in [6.07, 6.45) is 5.49. The van der Waals surface area contributed by atoms with Gasteiger partial charge in [-0.25, -0.2) is 0 Å². The normalized spacial score (nSPS) is 16.8. The van der Waals surface area contributed by atoms with E-state index in [2.05, 4.69) is 10.2 Å². The molecule has 18 heavy (non-hydrogen) atoms. The van der Waals surface area contributed by atoms with Gasteiger partial charge in [0.15, 0.2) is 0 Å². The van der Waals surface area contributed by atoms with Crippen LogP contribution in [0.3, 0.4) is 0 Å². The first-order valence-corrected chi connectivity index (χ1v) is 7.32. The molecule has 1 heterocycles. The van der Waals surface area contributed by atoms with Gasteiger partial charge >= 0.3 is 0 Å². The maximum Gasteiger partial charge on any atom is 0.285 e. The molecule has 1 aromatic rings. The van der Waals surface area contributed by atoms with Crippen molar-refractivity contribution in [2.75, 3.05) is 13.2 Å². The predicted octanol–water partition coefficient (Wildman–Crippen LogP) is 1.96. The van der Waals surface area contributed by atoms with Crippen LogP contribution in [0.5, 0.6) is 0 Å². The molecule has 0 aromatic carbocycles. The summed E-state index contributed by atoms with van der Waals surface area (Å²) in [4.78, 5) is 14.0. The molecule has 0 atom stereocenters. The number of carbonyl (C=O) groups is 1. The molecule has 100 valence electrons. The van der Waals surface area contributed by atoms with E-state index in [4.69, 9.17) is 16.7 Å². The third-order valence-corrected chi connectivity index (χ3v) is 4.21. The van der Waals surface area contributed by atoms with Crippen LogP contribution < -0.4 is 0 Å². The van der Waals surface area contributed by atoms with Crippen LogP contribution in [0.4, 0.5) is 0 Å². The highest BCUT2D eigenvalue weighted by atomic mass is 35.5. The lowest BCUT2D eigenvalue weighted by molar-refractivity contribution is 0.0584. The quantitative estimate of drug-likeness (QED) is 0.920. The summed E-state index contributed by atoms with van der Waals surface area (Å²) in [6.45, 7) is 0.315. The van der Waals surface area contributed by atoms with Gasteiger partial charge in [-0.2, -0.15) is 0 Å². The zero-order chi connectivity index (χ0) is 13.0. The number of aliphatic hydroxyl groups is 1. The van der Waals surface area contributed by atoms with E-state index in [1.165, 1.54) is 6.42 Å². The molecule has 0 aliphatic heterocycles. The Bertz CT molecular complexity index is 407. The second kappa shape index (κ2) is 6.45. The minimum absolute atomic E-state index is 0.0330. The minimum atomic E-state index is -0.166. The van der Waals surface area contributed by atoms with Crippen molar-refractivity contribution in [2.24, 2.45) is 0 Å². The molecule has 1 amide bonds. The number of rotatable bonds is 4. The lowest BCUT2D eigenvalue weighted by atomic mass is 9.94. The van der Waals surface area contributed by atoms with E-state index in [1.807, 2.05) is 0 Å². The van der Waals surface area contributed by atoms with Crippen LogP contribution in [0.2, 0.25) is 4.47 Å². The molecule has 5 nitrogen and oxygen atoms in total. The van der Waals surface area contributed by atoms with Gasteiger partial charge in [0.25, 0.3) is 5.91 Å². The highest BCUT2D eigenvalue weighted by molar-refractivity contribution is 7.17. The summed E-state index contributed by atoms with van der Waals surface area (Å²) in [6, 6.07) is 0.209. The largest absolute Gasteiger partial charge is 0.395 e. The number of carbonyl (C=O) groups excluding carboxylic acids is 1. The van der Waals surface area contributed by atoms with Crippen molar-refractivity contribution in [1.29, 1.82) is 0 Å². The van der Waals surface area contributed by atoms with Crippen LogP contribution in [-0.4, -0.2) is 45.3 Å². The Morgan fingerprint density at radius 2 is 2.11 bits per heavy atom. The van der Waals surface area contributed by atoms with Crippen LogP contribution in [0.15, 0.2) is 0 Å². The SMILES string of the molecule is O=C(c1nnc(Cl)s1)N(CCO)C1CCCCC1. The molecule has 1 aliphatic rings. The maximum atomic E-state index is 12.3. The van der Waals surface area contributed by atoms with Gasteiger partial charge in [-0.05, 0) is 24.4 Å². The zero-order valence-electron chi connectivity index (χ0n) is 10.0. The van der Waals surface area contributed by atoms with E-state index in [1.54, 1.807) is 4.90 Å². The molecule has 0 radical (unpaired) electrons. The van der Waals surface area contributed by atoms with Gasteiger partial charge in [-0.1, -0.05) is 30.6 Å². The van der Waals surface area contributed by atoms with Crippen LogP contribution in [-0.2, 0) is 0 Å². The van der Waals surface area contributed by atoms with Crippen molar-refractivity contribution in [2.45, 2.75) is 38.1 Å². The molecule has 1 saturated carbocycles. The Morgan fingerprint density at radius 3 is 2.67 bits per heavy atom. The number of nitrogens with zero attached hydrogens (tertiary/aromatic N) is 3. The molecule has 1 aromatic heterocycles. The Kier molecular flexibility index (Phi) is 4.91. The lowest BCUT2D eigenvalue weighted by Crippen LogP contribution is -2.43. The van der Waals surface area contributed by atoms with Crippen molar-refractivity contribution in [3.05, 3.63) is 9.47 Å². The Labute approximate surface area is 115 Å². The molecule has 0 unspecified atom stereocenters. The van der Waals surface area contributed by atoms with Gasteiger partial charge in [-0.15, -0.1) is 10.2 Å². The van der Waals surface area contributed by atoms with Gasteiger partial charge in [-0.3, -0.25) is 4.79 Å². The Balaban J connectivity index is 2.10. The first-order chi connectivity index (χ1) is 8.72. The number of hydrogen-bond acceptors (Lipinski definition) is 5. The van der Waals surface area contributed by atoms with Crippen molar-refractivity contribution >= 4 is 28.8 Å². The summed E-state index contributed by atoms with van der Waals surface area (Å²) < 4.78 is 0.269. The fourth-order valence-electron chi connectivity index (χ4n) is 2.36. The summed E-state index contributed by atoms with van der Waals surface area (Å²) in [5.41, 5.74) is 0. The molecule has 0 spiro atoms. The number of hydrogen-bond donors (Lipinski definition) is 1. The number of halogens is 1. The standard InChI is InChI=1S/C11H16ClN3O2S/c12-11-14-13-9(18-11)10(17)15(6-7-16)8-4-2-1-3-5-8/h8,16H,1-7H2. The highest BCUT2D eigenvalue weighted by Crippen LogP contribution is 2.25. The average Bonchev–Trinajstić information content (AvgIpc) is 2.83. The fourth-order valence-corrected chi connectivity index (χ4v) is 3.15. The van der Waals surface area contributed by atoms with Gasteiger partial charge in [0, 0.05) is 12.6 Å². The van der Waals surface area contributed by atoms with E-state index in [9.17, 15) is 4.79 Å². The van der Waals surface area contributed by atoms with Gasteiger partial charge in [0.05, 0.1) is 6.61 Å². The molecular weight excluding hydrogens is 274 g/mol. The number of aliphatic hydroxyl groups excluding tert-OH is 1. The summed E-state index contributed by atoms with van der Waals surface area (Å²) in [5.74, 6) is -0.166. The average molecular weight is 290 g/mol. The van der Waals surface area contributed by atoms with Crippen LogP contribution in [0, 0.1) is 0 Å². The maximum absolute atomic E-state index is 12.3. The van der Waals surface area contributed by atoms with Gasteiger partial charge in [0.1, 0.15) is 0 Å². The fraction of sp³-hybridized carbons (Fsp3) is 0.727. The van der Waals surface area contributed by atoms with E-state index in [0.717, 1.165) is 37.0 Å². The molecule has 1 aliphatic carbocycles. The second-order valence-electron chi connectivity index (χ2n) is 4.37. The summed E-state index contributed by atoms with van der Waals surface area (Å²) in [7, 11) is 0. The molecule has 7 heteroatoms. The first kappa shape index (κ1) is 13.7. The first-order valence-electron chi connectivity index (χ1n) is 6.13. The van der Waals surface area contributed by atoms with Gasteiger partial charge < -0.3 is 10.0 Å². The highest BCUT2D eigenvalue weighted by Gasteiger charge is 2.27. The molecular formula is C11H16ClN3O2S. The Hall–Kier alpha value is -0.720. The lowest BCUT2D eigenvalue weighted by Gasteiger charge is -2.33. The van der Waals surface area contributed by atoms with E-state index in [-0.39, 0.29) is 23.0 Å². The van der Waals surface area contributed by atoms with Gasteiger partial charge in [0.2, 0.25) is 9.47 Å². The van der Waals surface area contributed by atoms with Crippen molar-refractivity contribution in [3.8, 4) is 0 Å². The second-order valence-corrected chi connectivity index (χ2v) is 5.93. The molecule has 2 rings (SSSR count). The summed E-state index contributed by atoms with van der Waals surface area (Å²) in [5, 5.41) is 16.8. The molecule has 0 bridgehead atoms. The van der Waals surface area contributed by atoms with E-state index >= 15 is 0 Å². The third kappa shape index (κ3) is 3.18. The number of amides is 1. The third-order valence-electron chi connectivity index (χ3n) is 3.20. The van der Waals surface area contributed by atoms with E-state index in [0.29, 0.717) is 11.6 Å². The Morgan fingerprint density at radius 1 is 1.39 bits per heavy atom. The zero-order valence-corrected chi connectivity index (χ0v) is 11.6. The monoisotopic (exact) mass is 289 g/mol. The minimum Gasteiger partial charge on any atom is -0.395 e. The molecule has 0 saturated heterocycles.